The first-order valence-corrected chi connectivity index (χ1v) is 9.23. The Balaban J connectivity index is 0.000000463. The zero-order valence-electron chi connectivity index (χ0n) is 11.4. The fourth-order valence-corrected chi connectivity index (χ4v) is 1.57. The van der Waals surface area contributed by atoms with Crippen LogP contribution >= 0.6 is 0 Å². The third kappa shape index (κ3) is 6.45. The molecule has 2 aromatic carbocycles. The van der Waals surface area contributed by atoms with Crippen LogP contribution in [-0.4, -0.2) is 42.6 Å². The van der Waals surface area contributed by atoms with E-state index in [1.165, 1.54) is 6.07 Å². The molecule has 0 amide bonds. The van der Waals surface area contributed by atoms with Gasteiger partial charge in [0.25, 0.3) is 0 Å². The number of carbonyl (C=O) groups excluding carboxylic acids is 1. The van der Waals surface area contributed by atoms with Gasteiger partial charge < -0.3 is 5.11 Å². The Labute approximate surface area is 133 Å². The van der Waals surface area contributed by atoms with Crippen molar-refractivity contribution in [3.05, 3.63) is 69.8 Å². The van der Waals surface area contributed by atoms with Crippen LogP contribution in [0.1, 0.15) is 15.9 Å². The van der Waals surface area contributed by atoms with Crippen molar-refractivity contribution < 1.29 is 30.9 Å². The second-order valence-corrected chi connectivity index (χ2v) is 6.32. The Bertz CT molecular complexity index is 748. The molecule has 0 spiro atoms. The standard InChI is InChI=1S/C13H9NO4.AsH3O4/c15-12-7-6-10(8-11(12)14(17)18)13(16)9-4-2-1-3-5-9;2-1(3,4)5/h1-8,15H;(H3,2,3,4,5). The van der Waals surface area contributed by atoms with Crippen LogP contribution in [0.2, 0.25) is 0 Å². The van der Waals surface area contributed by atoms with E-state index in [9.17, 15) is 20.0 Å². The number of rotatable bonds is 3. The molecule has 0 aliphatic carbocycles. The zero-order chi connectivity index (χ0) is 17.6. The molecular weight excluding hydrogens is 373 g/mol. The van der Waals surface area contributed by atoms with E-state index in [-0.39, 0.29) is 11.3 Å². The van der Waals surface area contributed by atoms with Gasteiger partial charge in [0.05, 0.1) is 4.92 Å². The van der Waals surface area contributed by atoms with Crippen LogP contribution in [0.25, 0.3) is 0 Å². The van der Waals surface area contributed by atoms with Crippen molar-refractivity contribution in [1.82, 2.24) is 0 Å². The topological polar surface area (TPSA) is 158 Å². The van der Waals surface area contributed by atoms with E-state index in [1.54, 1.807) is 30.3 Å². The zero-order valence-corrected chi connectivity index (χ0v) is 13.3. The number of aromatic hydroxyl groups is 1. The number of nitro groups is 1. The first-order valence-electron chi connectivity index (χ1n) is 5.95. The maximum absolute atomic E-state index is 12.0. The SMILES string of the molecule is O=C(c1ccccc1)c1ccc(O)c([N+](=O)[O-])c1.O=[As](O)(O)O. The first kappa shape index (κ1) is 18.6. The van der Waals surface area contributed by atoms with Gasteiger partial charge in [-0.05, 0) is 12.1 Å². The third-order valence-electron chi connectivity index (χ3n) is 2.47. The van der Waals surface area contributed by atoms with Crippen molar-refractivity contribution in [3.8, 4) is 5.75 Å². The fraction of sp³-hybridized carbons (Fsp3) is 0. The predicted octanol–water partition coefficient (Wildman–Crippen LogP) is 0.361. The van der Waals surface area contributed by atoms with Crippen molar-refractivity contribution in [2.24, 2.45) is 0 Å². The number of hydrogen-bond donors (Lipinski definition) is 4. The van der Waals surface area contributed by atoms with Gasteiger partial charge in [-0.25, -0.2) is 0 Å². The summed E-state index contributed by atoms with van der Waals surface area (Å²) < 4.78 is 30.7. The molecule has 0 aromatic heterocycles. The van der Waals surface area contributed by atoms with Gasteiger partial charge in [-0.1, -0.05) is 30.3 Å². The molecule has 2 aromatic rings. The summed E-state index contributed by atoms with van der Waals surface area (Å²) in [4.78, 5) is 22.0. The second kappa shape index (κ2) is 7.70. The van der Waals surface area contributed by atoms with E-state index >= 15 is 0 Å². The van der Waals surface area contributed by atoms with E-state index in [1.807, 2.05) is 0 Å². The molecule has 10 heteroatoms. The Morgan fingerprint density at radius 3 is 2.00 bits per heavy atom. The Kier molecular flexibility index (Phi) is 6.23. The number of carbonyl (C=O) groups is 1. The molecule has 122 valence electrons. The molecule has 0 radical (unpaired) electrons. The van der Waals surface area contributed by atoms with E-state index < -0.39 is 30.9 Å². The monoisotopic (exact) mass is 385 g/mol. The van der Waals surface area contributed by atoms with Gasteiger partial charge in [0, 0.05) is 17.2 Å². The summed E-state index contributed by atoms with van der Waals surface area (Å²) in [5.74, 6) is -0.775. The second-order valence-electron chi connectivity index (χ2n) is 4.17. The Morgan fingerprint density at radius 1 is 1.00 bits per heavy atom. The number of nitrogens with zero attached hydrogens (tertiary/aromatic N) is 1. The minimum absolute atomic E-state index is 0.172. The molecule has 0 saturated heterocycles. The van der Waals surface area contributed by atoms with E-state index in [0.717, 1.165) is 12.1 Å². The summed E-state index contributed by atoms with van der Waals surface area (Å²) in [7, 11) is 0. The average molecular weight is 385 g/mol. The van der Waals surface area contributed by atoms with Gasteiger partial charge in [-0.2, -0.15) is 0 Å². The number of phenolic OH excluding ortho intramolecular Hbond substituents is 1. The summed E-state index contributed by atoms with van der Waals surface area (Å²) >= 11 is -5.12. The van der Waals surface area contributed by atoms with Crippen LogP contribution < -0.4 is 0 Å². The molecule has 4 N–H and O–H groups in total. The number of hydrogen-bond acceptors (Lipinski definition) is 5. The van der Waals surface area contributed by atoms with Crippen molar-refractivity contribution in [2.45, 2.75) is 0 Å². The molecule has 0 unspecified atom stereocenters. The Hall–Kier alpha value is -2.45. The number of nitro benzene ring substituents is 1. The summed E-state index contributed by atoms with van der Waals surface area (Å²) in [6, 6.07) is 12.0. The van der Waals surface area contributed by atoms with Gasteiger partial charge in [-0.3, -0.25) is 14.9 Å². The van der Waals surface area contributed by atoms with Gasteiger partial charge in [0.2, 0.25) is 0 Å². The predicted molar refractivity (Wildman–Crippen MR) is 77.7 cm³/mol. The third-order valence-corrected chi connectivity index (χ3v) is 2.47. The summed E-state index contributed by atoms with van der Waals surface area (Å²) in [5, 5.41) is 20.0. The number of benzene rings is 2. The number of ketones is 1. The minimum atomic E-state index is -5.12. The van der Waals surface area contributed by atoms with Crippen LogP contribution in [0.15, 0.2) is 48.5 Å². The molecule has 23 heavy (non-hydrogen) atoms. The summed E-state index contributed by atoms with van der Waals surface area (Å²) in [6.07, 6.45) is 0. The van der Waals surface area contributed by atoms with Crippen LogP contribution in [0.3, 0.4) is 0 Å². The van der Waals surface area contributed by atoms with Crippen LogP contribution in [0.5, 0.6) is 5.75 Å². The molecule has 2 rings (SSSR count). The quantitative estimate of drug-likeness (QED) is 0.255. The van der Waals surface area contributed by atoms with Crippen molar-refractivity contribution in [1.29, 1.82) is 0 Å². The molecule has 0 saturated carbocycles. The van der Waals surface area contributed by atoms with Crippen LogP contribution in [-0.2, 0) is 3.74 Å². The van der Waals surface area contributed by atoms with E-state index in [4.69, 9.17) is 16.0 Å². The first-order chi connectivity index (χ1) is 10.6. The molecule has 0 atom stereocenters. The van der Waals surface area contributed by atoms with Crippen LogP contribution in [0.4, 0.5) is 5.69 Å². The summed E-state index contributed by atoms with van der Waals surface area (Å²) in [6.45, 7) is 0. The van der Waals surface area contributed by atoms with E-state index in [2.05, 4.69) is 0 Å². The normalized spacial score (nSPS) is 10.4. The van der Waals surface area contributed by atoms with Gasteiger partial charge in [-0.15, -0.1) is 0 Å². The fourth-order valence-electron chi connectivity index (χ4n) is 1.57. The van der Waals surface area contributed by atoms with Gasteiger partial charge in [0.15, 0.2) is 11.5 Å². The molecule has 9 nitrogen and oxygen atoms in total. The molecule has 0 heterocycles. The molecule has 0 fully saturated rings. The maximum atomic E-state index is 12.0. The van der Waals surface area contributed by atoms with Crippen molar-refractivity contribution >= 4 is 26.0 Å². The van der Waals surface area contributed by atoms with E-state index in [0.29, 0.717) is 5.56 Å². The molecule has 0 bridgehead atoms. The Morgan fingerprint density at radius 2 is 1.52 bits per heavy atom. The molecule has 0 aliphatic rings. The summed E-state index contributed by atoms with van der Waals surface area (Å²) in [5.41, 5.74) is 0.139. The van der Waals surface area contributed by atoms with Gasteiger partial charge >= 0.3 is 36.2 Å². The average Bonchev–Trinajstić information content (AvgIpc) is 2.46. The number of phenols is 1. The van der Waals surface area contributed by atoms with Crippen molar-refractivity contribution in [2.75, 3.05) is 0 Å². The van der Waals surface area contributed by atoms with Gasteiger partial charge in [0.1, 0.15) is 0 Å². The molecular formula is C13H12AsNO8. The van der Waals surface area contributed by atoms with Crippen LogP contribution in [0, 0.1) is 10.1 Å². The van der Waals surface area contributed by atoms with Crippen molar-refractivity contribution in [3.63, 3.8) is 0 Å². The molecule has 0 aliphatic heterocycles.